The smallest absolute Gasteiger partial charge is 0.306 e. The van der Waals surface area contributed by atoms with Crippen LogP contribution in [0.25, 0.3) is 0 Å². The molecule has 3 N–H and O–H groups in total. The number of rotatable bonds is 37. The van der Waals surface area contributed by atoms with E-state index in [1.165, 1.54) is 43.2 Å². The summed E-state index contributed by atoms with van der Waals surface area (Å²) in [5.41, 5.74) is 2.56. The fourth-order valence-electron chi connectivity index (χ4n) is 8.77. The van der Waals surface area contributed by atoms with E-state index in [4.69, 9.17) is 52.6 Å². The first-order chi connectivity index (χ1) is 33.0. The molecule has 2 aromatic carbocycles. The molecule has 1 heterocycles. The second-order valence-corrected chi connectivity index (χ2v) is 26.8. The molecule has 6 atom stereocenters. The molecule has 1 aliphatic rings. The van der Waals surface area contributed by atoms with E-state index in [-0.39, 0.29) is 36.9 Å². The van der Waals surface area contributed by atoms with E-state index in [2.05, 4.69) is 65.1 Å². The van der Waals surface area contributed by atoms with Crippen LogP contribution in [0.3, 0.4) is 0 Å². The van der Waals surface area contributed by atoms with Crippen molar-refractivity contribution in [3.8, 4) is 0 Å². The highest BCUT2D eigenvalue weighted by atomic mass is 35.5. The van der Waals surface area contributed by atoms with Gasteiger partial charge in [-0.15, -0.1) is 0 Å². The maximum absolute atomic E-state index is 14.5. The van der Waals surface area contributed by atoms with Crippen LogP contribution in [0.5, 0.6) is 0 Å². The Kier molecular flexibility index (Phi) is 30.2. The number of hydrogen-bond donors (Lipinski definition) is 2. The number of unbranched alkanes of at least 4 members (excludes halogenated alkanes) is 18. The lowest BCUT2D eigenvalue weighted by atomic mass is 9.85. The first-order valence-corrected chi connectivity index (χ1v) is 30.4. The number of ether oxygens (including phenoxy) is 3. The van der Waals surface area contributed by atoms with E-state index < -0.39 is 56.7 Å². The highest BCUT2D eigenvalue weighted by Crippen LogP contribution is 2.38. The summed E-state index contributed by atoms with van der Waals surface area (Å²) in [7, 11) is -2.29. The molecule has 1 saturated heterocycles. The molecule has 3 rings (SSSR count). The number of aliphatic hydroxyl groups is 1. The van der Waals surface area contributed by atoms with Gasteiger partial charge in [0.1, 0.15) is 36.1 Å². The third kappa shape index (κ3) is 24.8. The number of ketones is 1. The Morgan fingerprint density at radius 2 is 1.13 bits per heavy atom. The molecule has 0 aromatic heterocycles. The van der Waals surface area contributed by atoms with Crippen molar-refractivity contribution >= 4 is 49.2 Å². The lowest BCUT2D eigenvalue weighted by molar-refractivity contribution is -0.283. The molecule has 2 aromatic rings. The van der Waals surface area contributed by atoms with Crippen molar-refractivity contribution in [2.45, 2.75) is 250 Å². The molecule has 0 spiro atoms. The Morgan fingerprint density at radius 3 is 1.61 bits per heavy atom. The van der Waals surface area contributed by atoms with Crippen LogP contribution in [0, 0.1) is 5.92 Å². The van der Waals surface area contributed by atoms with Gasteiger partial charge in [-0.25, -0.2) is 5.90 Å². The van der Waals surface area contributed by atoms with Crippen molar-refractivity contribution in [1.82, 2.24) is 0 Å². The number of carbonyl (C=O) groups is 3. The lowest BCUT2D eigenvalue weighted by Crippen LogP contribution is -2.61. The van der Waals surface area contributed by atoms with Crippen molar-refractivity contribution in [2.75, 3.05) is 6.61 Å². The van der Waals surface area contributed by atoms with Gasteiger partial charge in [0, 0.05) is 29.3 Å². The fraction of sp³-hybridized carbons (Fsp3) is 0.732. The SMILES string of the molecule is CCCCCCCCCCC[C@@H](CC(=O)[C@H]1[C@H](ON)O[C@H](CO[Si](C)(C)C(C)(C)C)[C@@H](O)[C@@H]1OC(=O)CCCCCCCCc1ccc(Cl)cc1)OC(=O)CCCCCCCCc1ccc(Cl)cc1. The number of aryl methyl sites for hydroxylation is 2. The molecule has 10 nitrogen and oxygen atoms in total. The third-order valence-corrected chi connectivity index (χ3v) is 19.2. The molecule has 0 saturated carbocycles. The second-order valence-electron chi connectivity index (χ2n) is 21.1. The molecule has 0 amide bonds. The van der Waals surface area contributed by atoms with Crippen molar-refractivity contribution in [1.29, 1.82) is 0 Å². The Bertz CT molecular complexity index is 1710. The maximum Gasteiger partial charge on any atom is 0.306 e. The average molecular weight is 1020 g/mol. The Balaban J connectivity index is 1.63. The number of halogens is 2. The maximum atomic E-state index is 14.5. The lowest BCUT2D eigenvalue weighted by Gasteiger charge is -2.44. The number of hydrogen-bond acceptors (Lipinski definition) is 10. The summed E-state index contributed by atoms with van der Waals surface area (Å²) in [4.78, 5) is 46.8. The molecular weight excluding hydrogens is 930 g/mol. The van der Waals surface area contributed by atoms with Crippen LogP contribution in [0.4, 0.5) is 0 Å². The molecule has 0 unspecified atom stereocenters. The summed E-state index contributed by atoms with van der Waals surface area (Å²) >= 11 is 12.1. The molecule has 69 heavy (non-hydrogen) atoms. The number of aliphatic hydroxyl groups excluding tert-OH is 1. The number of carbonyl (C=O) groups excluding carboxylic acids is 3. The van der Waals surface area contributed by atoms with Crippen LogP contribution >= 0.6 is 23.2 Å². The van der Waals surface area contributed by atoms with Crippen LogP contribution in [0.2, 0.25) is 28.2 Å². The molecule has 0 aliphatic carbocycles. The van der Waals surface area contributed by atoms with Gasteiger partial charge in [-0.3, -0.25) is 19.2 Å². The van der Waals surface area contributed by atoms with Crippen LogP contribution in [-0.2, 0) is 50.7 Å². The molecule has 0 bridgehead atoms. The highest BCUT2D eigenvalue weighted by molar-refractivity contribution is 6.74. The number of esters is 2. The van der Waals surface area contributed by atoms with E-state index in [1.54, 1.807) is 0 Å². The summed E-state index contributed by atoms with van der Waals surface area (Å²) < 4.78 is 24.8. The summed E-state index contributed by atoms with van der Waals surface area (Å²) in [6.45, 7) is 12.8. The van der Waals surface area contributed by atoms with Gasteiger partial charge >= 0.3 is 11.9 Å². The van der Waals surface area contributed by atoms with Gasteiger partial charge in [-0.05, 0) is 105 Å². The molecule has 1 fully saturated rings. The molecule has 13 heteroatoms. The standard InChI is InChI=1S/C56H91Cl2NO9Si/c1-7-8-9-10-11-12-13-20-25-30-47(65-50(61)31-26-21-16-14-18-23-28-43-33-37-45(57)38-34-43)41-48(60)52-54(53(63)49(66-55(52)68-59)42-64-69(5,6)56(2,3)4)67-51(62)32-27-22-17-15-19-24-29-44-35-39-46(58)40-36-44/h33-40,47,49,52-55,63H,7-32,41-42,59H2,1-6H3/t47-,49+,52+,53+,54+,55-/m0/s1. The third-order valence-electron chi connectivity index (χ3n) is 14.2. The summed E-state index contributed by atoms with van der Waals surface area (Å²) in [5.74, 6) is 3.36. The highest BCUT2D eigenvalue weighted by Gasteiger charge is 2.52. The number of nitrogens with two attached hydrogens (primary N) is 1. The largest absolute Gasteiger partial charge is 0.462 e. The zero-order chi connectivity index (χ0) is 50.5. The first-order valence-electron chi connectivity index (χ1n) is 26.8. The topological polar surface area (TPSA) is 144 Å². The number of Topliss-reactive ketones (excluding diaryl/α,β-unsaturated/α-hetero) is 1. The van der Waals surface area contributed by atoms with Crippen LogP contribution < -0.4 is 5.90 Å². The van der Waals surface area contributed by atoms with Gasteiger partial charge in [-0.2, -0.15) is 0 Å². The molecular formula is C56H91Cl2NO9Si. The van der Waals surface area contributed by atoms with Crippen molar-refractivity contribution < 1.29 is 43.0 Å². The zero-order valence-electron chi connectivity index (χ0n) is 43.4. The summed E-state index contributed by atoms with van der Waals surface area (Å²) in [6.07, 6.45) is 19.0. The van der Waals surface area contributed by atoms with E-state index in [0.717, 1.165) is 113 Å². The first kappa shape index (κ1) is 60.9. The monoisotopic (exact) mass is 1020 g/mol. The molecule has 392 valence electrons. The van der Waals surface area contributed by atoms with Crippen molar-refractivity contribution in [3.05, 3.63) is 69.7 Å². The van der Waals surface area contributed by atoms with E-state index in [0.29, 0.717) is 19.3 Å². The van der Waals surface area contributed by atoms with Gasteiger partial charge in [0.2, 0.25) is 0 Å². The van der Waals surface area contributed by atoms with Crippen LogP contribution in [0.15, 0.2) is 48.5 Å². The van der Waals surface area contributed by atoms with Gasteiger partial charge in [-0.1, -0.05) is 178 Å². The van der Waals surface area contributed by atoms with Gasteiger partial charge in [0.25, 0.3) is 0 Å². The normalized spacial score (nSPS) is 19.1. The quantitative estimate of drug-likeness (QED) is 0.0290. The van der Waals surface area contributed by atoms with Crippen LogP contribution in [0.1, 0.15) is 199 Å². The molecule has 0 radical (unpaired) electrons. The van der Waals surface area contributed by atoms with Gasteiger partial charge < -0.3 is 23.7 Å². The van der Waals surface area contributed by atoms with Gasteiger partial charge in [0.15, 0.2) is 14.6 Å². The predicted octanol–water partition coefficient (Wildman–Crippen LogP) is 14.6. The Labute approximate surface area is 428 Å². The summed E-state index contributed by atoms with van der Waals surface area (Å²) in [5, 5.41) is 13.3. The summed E-state index contributed by atoms with van der Waals surface area (Å²) in [6, 6.07) is 16.0. The van der Waals surface area contributed by atoms with E-state index >= 15 is 0 Å². The fourth-order valence-corrected chi connectivity index (χ4v) is 10.0. The second kappa shape index (κ2) is 34.1. The Morgan fingerprint density at radius 1 is 0.681 bits per heavy atom. The zero-order valence-corrected chi connectivity index (χ0v) is 45.9. The van der Waals surface area contributed by atoms with E-state index in [1.807, 2.05) is 24.3 Å². The Hall–Kier alpha value is -2.35. The van der Waals surface area contributed by atoms with Gasteiger partial charge in [0.05, 0.1) is 6.61 Å². The minimum absolute atomic E-state index is 0.00669. The average Bonchev–Trinajstić information content (AvgIpc) is 3.31. The van der Waals surface area contributed by atoms with Crippen LogP contribution in [-0.4, -0.2) is 68.5 Å². The predicted molar refractivity (Wildman–Crippen MR) is 283 cm³/mol. The minimum Gasteiger partial charge on any atom is -0.462 e. The van der Waals surface area contributed by atoms with Crippen molar-refractivity contribution in [2.24, 2.45) is 11.8 Å². The molecule has 1 aliphatic heterocycles. The van der Waals surface area contributed by atoms with Crippen molar-refractivity contribution in [3.63, 3.8) is 0 Å². The number of benzene rings is 2. The minimum atomic E-state index is -2.29. The van der Waals surface area contributed by atoms with E-state index in [9.17, 15) is 19.5 Å².